The molecular formula is C18H12N6. The molecule has 0 aliphatic rings. The van der Waals surface area contributed by atoms with Crippen LogP contribution in [0.2, 0.25) is 0 Å². The minimum atomic E-state index is 0.126. The van der Waals surface area contributed by atoms with Crippen LogP contribution in [0, 0.1) is 18.3 Å². The second kappa shape index (κ2) is 5.56. The van der Waals surface area contributed by atoms with Gasteiger partial charge in [-0.15, -0.1) is 0 Å². The summed E-state index contributed by atoms with van der Waals surface area (Å²) in [6, 6.07) is 15.4. The van der Waals surface area contributed by atoms with Crippen LogP contribution in [0.4, 0.5) is 0 Å². The lowest BCUT2D eigenvalue weighted by Gasteiger charge is -2.05. The molecule has 0 amide bonds. The molecule has 0 bridgehead atoms. The van der Waals surface area contributed by atoms with Gasteiger partial charge in [-0.25, -0.2) is 15.0 Å². The van der Waals surface area contributed by atoms with Crippen LogP contribution in [0.15, 0.2) is 54.9 Å². The van der Waals surface area contributed by atoms with E-state index in [1.54, 1.807) is 12.3 Å². The van der Waals surface area contributed by atoms with Crippen molar-refractivity contribution >= 4 is 5.65 Å². The average molecular weight is 312 g/mol. The summed E-state index contributed by atoms with van der Waals surface area (Å²) in [5, 5.41) is 9.09. The Balaban J connectivity index is 2.05. The first-order valence-electron chi connectivity index (χ1n) is 7.41. The molecule has 4 aromatic heterocycles. The average Bonchev–Trinajstić information content (AvgIpc) is 3.01. The molecule has 0 fully saturated rings. The summed E-state index contributed by atoms with van der Waals surface area (Å²) in [6.07, 6.45) is 3.50. The maximum Gasteiger partial charge on any atom is 0.232 e. The number of nitriles is 1. The Bertz CT molecular complexity index is 1090. The van der Waals surface area contributed by atoms with Gasteiger partial charge < -0.3 is 0 Å². The van der Waals surface area contributed by atoms with Gasteiger partial charge >= 0.3 is 0 Å². The van der Waals surface area contributed by atoms with Crippen LogP contribution in [-0.4, -0.2) is 24.3 Å². The maximum absolute atomic E-state index is 9.09. The molecule has 0 unspecified atom stereocenters. The van der Waals surface area contributed by atoms with Crippen molar-refractivity contribution in [2.24, 2.45) is 0 Å². The molecule has 4 aromatic rings. The number of aryl methyl sites for hydroxylation is 1. The molecule has 0 aliphatic carbocycles. The summed E-state index contributed by atoms with van der Waals surface area (Å²) < 4.78 is 1.95. The topological polar surface area (TPSA) is 79.8 Å². The van der Waals surface area contributed by atoms with Crippen molar-refractivity contribution in [2.45, 2.75) is 6.92 Å². The van der Waals surface area contributed by atoms with E-state index in [0.29, 0.717) is 5.69 Å². The highest BCUT2D eigenvalue weighted by Gasteiger charge is 2.18. The van der Waals surface area contributed by atoms with Gasteiger partial charge in [-0.05, 0) is 37.3 Å². The first kappa shape index (κ1) is 14.0. The molecule has 0 saturated carbocycles. The van der Waals surface area contributed by atoms with Crippen LogP contribution in [0.25, 0.3) is 28.4 Å². The van der Waals surface area contributed by atoms with Gasteiger partial charge in [-0.3, -0.25) is 9.38 Å². The van der Waals surface area contributed by atoms with E-state index in [9.17, 15) is 0 Å². The third-order valence-corrected chi connectivity index (χ3v) is 3.66. The number of nitrogens with zero attached hydrogens (tertiary/aromatic N) is 6. The lowest BCUT2D eigenvalue weighted by Crippen LogP contribution is -1.96. The van der Waals surface area contributed by atoms with Gasteiger partial charge in [0.1, 0.15) is 23.1 Å². The molecule has 0 spiro atoms. The summed E-state index contributed by atoms with van der Waals surface area (Å²) in [5.41, 5.74) is 4.64. The third kappa shape index (κ3) is 2.29. The van der Waals surface area contributed by atoms with Crippen molar-refractivity contribution in [2.75, 3.05) is 0 Å². The van der Waals surface area contributed by atoms with Crippen LogP contribution in [0.5, 0.6) is 0 Å². The fourth-order valence-corrected chi connectivity index (χ4v) is 2.64. The predicted octanol–water partition coefficient (Wildman–Crippen LogP) is 3.03. The zero-order valence-electron chi connectivity index (χ0n) is 12.9. The van der Waals surface area contributed by atoms with Crippen LogP contribution in [0.1, 0.15) is 11.5 Å². The van der Waals surface area contributed by atoms with Crippen LogP contribution in [-0.2, 0) is 0 Å². The van der Waals surface area contributed by atoms with Gasteiger partial charge in [-0.2, -0.15) is 5.26 Å². The quantitative estimate of drug-likeness (QED) is 0.568. The van der Waals surface area contributed by atoms with E-state index in [-0.39, 0.29) is 5.82 Å². The summed E-state index contributed by atoms with van der Waals surface area (Å²) in [7, 11) is 0. The lowest BCUT2D eigenvalue weighted by atomic mass is 10.1. The number of fused-ring (bicyclic) bond motifs is 1. The standard InChI is InChI=1S/C18H12N6/c1-12-5-4-6-13(21-12)17-18(14-8-9-20-15(11-19)22-14)24-10-3-2-7-16(24)23-17/h2-10H,1H3. The highest BCUT2D eigenvalue weighted by atomic mass is 15.0. The molecule has 0 aliphatic heterocycles. The third-order valence-electron chi connectivity index (χ3n) is 3.66. The molecule has 0 radical (unpaired) electrons. The van der Waals surface area contributed by atoms with E-state index < -0.39 is 0 Å². The van der Waals surface area contributed by atoms with Gasteiger partial charge in [0.15, 0.2) is 0 Å². The number of hydrogen-bond acceptors (Lipinski definition) is 5. The minimum absolute atomic E-state index is 0.126. The van der Waals surface area contributed by atoms with Crippen molar-refractivity contribution in [3.05, 3.63) is 66.4 Å². The molecule has 0 saturated heterocycles. The lowest BCUT2D eigenvalue weighted by molar-refractivity contribution is 1.09. The normalized spacial score (nSPS) is 10.7. The summed E-state index contributed by atoms with van der Waals surface area (Å²) >= 11 is 0. The zero-order valence-corrected chi connectivity index (χ0v) is 12.9. The van der Waals surface area contributed by atoms with Crippen molar-refractivity contribution in [1.82, 2.24) is 24.3 Å². The Morgan fingerprint density at radius 3 is 2.71 bits per heavy atom. The maximum atomic E-state index is 9.09. The van der Waals surface area contributed by atoms with Gasteiger partial charge in [0.2, 0.25) is 5.82 Å². The molecule has 6 heteroatoms. The largest absolute Gasteiger partial charge is 0.298 e. The number of pyridine rings is 2. The van der Waals surface area contributed by atoms with Crippen LogP contribution >= 0.6 is 0 Å². The molecule has 114 valence electrons. The summed E-state index contributed by atoms with van der Waals surface area (Å²) in [4.78, 5) is 17.6. The highest BCUT2D eigenvalue weighted by molar-refractivity contribution is 5.78. The Kier molecular flexibility index (Phi) is 3.25. The molecular weight excluding hydrogens is 300 g/mol. The second-order valence-electron chi connectivity index (χ2n) is 5.28. The Morgan fingerprint density at radius 2 is 1.88 bits per heavy atom. The van der Waals surface area contributed by atoms with Crippen molar-refractivity contribution < 1.29 is 0 Å². The van der Waals surface area contributed by atoms with Gasteiger partial charge in [0.05, 0.1) is 11.4 Å². The summed E-state index contributed by atoms with van der Waals surface area (Å²) in [6.45, 7) is 1.94. The number of rotatable bonds is 2. The molecule has 6 nitrogen and oxygen atoms in total. The first-order valence-corrected chi connectivity index (χ1v) is 7.41. The Hall–Kier alpha value is -3.59. The first-order chi connectivity index (χ1) is 11.8. The predicted molar refractivity (Wildman–Crippen MR) is 88.9 cm³/mol. The van der Waals surface area contributed by atoms with E-state index >= 15 is 0 Å². The molecule has 4 rings (SSSR count). The van der Waals surface area contributed by atoms with Crippen LogP contribution in [0.3, 0.4) is 0 Å². The molecule has 4 heterocycles. The Labute approximate surface area is 138 Å². The number of imidazole rings is 1. The van der Waals surface area contributed by atoms with E-state index in [0.717, 1.165) is 28.4 Å². The molecule has 24 heavy (non-hydrogen) atoms. The molecule has 0 aromatic carbocycles. The van der Waals surface area contributed by atoms with Crippen molar-refractivity contribution in [3.8, 4) is 28.8 Å². The second-order valence-corrected chi connectivity index (χ2v) is 5.28. The van der Waals surface area contributed by atoms with Crippen molar-refractivity contribution in [1.29, 1.82) is 5.26 Å². The van der Waals surface area contributed by atoms with Gasteiger partial charge in [-0.1, -0.05) is 12.1 Å². The zero-order chi connectivity index (χ0) is 16.5. The number of hydrogen-bond donors (Lipinski definition) is 0. The van der Waals surface area contributed by atoms with E-state index in [1.807, 2.05) is 60.0 Å². The van der Waals surface area contributed by atoms with E-state index in [1.165, 1.54) is 0 Å². The minimum Gasteiger partial charge on any atom is -0.298 e. The van der Waals surface area contributed by atoms with Gasteiger partial charge in [0.25, 0.3) is 0 Å². The fourth-order valence-electron chi connectivity index (χ4n) is 2.64. The monoisotopic (exact) mass is 312 g/mol. The van der Waals surface area contributed by atoms with E-state index in [4.69, 9.17) is 10.2 Å². The summed E-state index contributed by atoms with van der Waals surface area (Å²) in [5.74, 6) is 0.126. The number of aromatic nitrogens is 5. The highest BCUT2D eigenvalue weighted by Crippen LogP contribution is 2.30. The van der Waals surface area contributed by atoms with E-state index in [2.05, 4.69) is 15.0 Å². The Morgan fingerprint density at radius 1 is 0.958 bits per heavy atom. The molecule has 0 N–H and O–H groups in total. The van der Waals surface area contributed by atoms with Gasteiger partial charge in [0, 0.05) is 18.1 Å². The molecule has 0 atom stereocenters. The smallest absolute Gasteiger partial charge is 0.232 e. The fraction of sp³-hybridized carbons (Fsp3) is 0.0556. The van der Waals surface area contributed by atoms with Crippen LogP contribution < -0.4 is 0 Å². The van der Waals surface area contributed by atoms with Crippen molar-refractivity contribution in [3.63, 3.8) is 0 Å². The SMILES string of the molecule is Cc1cccc(-c2nc3ccccn3c2-c2ccnc(C#N)n2)n1.